The van der Waals surface area contributed by atoms with Crippen molar-refractivity contribution in [2.75, 3.05) is 18.1 Å². The quantitative estimate of drug-likeness (QED) is 0.431. The minimum Gasteiger partial charge on any atom is -0.494 e. The summed E-state index contributed by atoms with van der Waals surface area (Å²) in [7, 11) is 0. The Morgan fingerprint density at radius 1 is 0.793 bits per heavy atom. The fourth-order valence-corrected chi connectivity index (χ4v) is 3.49. The molecule has 0 fully saturated rings. The van der Waals surface area contributed by atoms with Crippen LogP contribution >= 0.6 is 0 Å². The maximum Gasteiger partial charge on any atom is 0.222 e. The molecule has 0 radical (unpaired) electrons. The molecule has 0 bridgehead atoms. The number of fused-ring (bicyclic) bond motifs is 1. The average Bonchev–Trinajstić information content (AvgIpc) is 2.72. The summed E-state index contributed by atoms with van der Waals surface area (Å²) < 4.78 is 5.86. The molecule has 0 saturated heterocycles. The fourth-order valence-electron chi connectivity index (χ4n) is 3.49. The van der Waals surface area contributed by atoms with Crippen molar-refractivity contribution < 1.29 is 4.74 Å². The number of nitrogens with two attached hydrogens (primary N) is 2. The molecule has 0 saturated carbocycles. The molecule has 0 amide bonds. The molecule has 5 heteroatoms. The van der Waals surface area contributed by atoms with Gasteiger partial charge in [-0.25, -0.2) is 4.98 Å². The SMILES string of the molecule is CCCCCCCCOc1ccc(CCc2ccc3nc(N)nc(N)c3c2)cc1. The highest BCUT2D eigenvalue weighted by Crippen LogP contribution is 2.21. The van der Waals surface area contributed by atoms with E-state index in [0.29, 0.717) is 5.82 Å². The van der Waals surface area contributed by atoms with Crippen molar-refractivity contribution in [2.24, 2.45) is 0 Å². The number of unbranched alkanes of at least 4 members (excludes halogenated alkanes) is 5. The number of benzene rings is 2. The number of hydrogen-bond donors (Lipinski definition) is 2. The lowest BCUT2D eigenvalue weighted by Gasteiger charge is -2.08. The summed E-state index contributed by atoms with van der Waals surface area (Å²) in [6, 6.07) is 14.5. The topological polar surface area (TPSA) is 87.0 Å². The number of aromatic nitrogens is 2. The van der Waals surface area contributed by atoms with Crippen LogP contribution in [-0.2, 0) is 12.8 Å². The van der Waals surface area contributed by atoms with Crippen molar-refractivity contribution in [1.29, 1.82) is 0 Å². The van der Waals surface area contributed by atoms with Gasteiger partial charge in [-0.1, -0.05) is 57.2 Å². The fraction of sp³-hybridized carbons (Fsp3) is 0.417. The zero-order valence-electron chi connectivity index (χ0n) is 17.4. The lowest BCUT2D eigenvalue weighted by atomic mass is 10.0. The van der Waals surface area contributed by atoms with Crippen LogP contribution in [-0.4, -0.2) is 16.6 Å². The second-order valence-corrected chi connectivity index (χ2v) is 7.58. The molecule has 3 aromatic rings. The third-order valence-corrected chi connectivity index (χ3v) is 5.20. The Hall–Kier alpha value is -2.82. The lowest BCUT2D eigenvalue weighted by molar-refractivity contribution is 0.304. The summed E-state index contributed by atoms with van der Waals surface area (Å²) in [6.07, 6.45) is 9.57. The van der Waals surface area contributed by atoms with Gasteiger partial charge in [-0.3, -0.25) is 0 Å². The Kier molecular flexibility index (Phi) is 7.68. The Bertz CT molecular complexity index is 909. The summed E-state index contributed by atoms with van der Waals surface area (Å²) >= 11 is 0. The molecule has 0 unspecified atom stereocenters. The van der Waals surface area contributed by atoms with Crippen LogP contribution in [0.15, 0.2) is 42.5 Å². The summed E-state index contributed by atoms with van der Waals surface area (Å²) in [5, 5.41) is 0.857. The smallest absolute Gasteiger partial charge is 0.222 e. The minimum absolute atomic E-state index is 0.210. The van der Waals surface area contributed by atoms with E-state index in [1.54, 1.807) is 0 Å². The highest BCUT2D eigenvalue weighted by Gasteiger charge is 2.05. The summed E-state index contributed by atoms with van der Waals surface area (Å²) in [6.45, 7) is 3.05. The molecule has 154 valence electrons. The molecule has 29 heavy (non-hydrogen) atoms. The van der Waals surface area contributed by atoms with E-state index in [-0.39, 0.29) is 5.95 Å². The van der Waals surface area contributed by atoms with E-state index < -0.39 is 0 Å². The summed E-state index contributed by atoms with van der Waals surface area (Å²) in [4.78, 5) is 8.28. The van der Waals surface area contributed by atoms with E-state index in [9.17, 15) is 0 Å². The van der Waals surface area contributed by atoms with Crippen LogP contribution in [0.5, 0.6) is 5.75 Å². The van der Waals surface area contributed by atoms with Crippen molar-refractivity contribution in [1.82, 2.24) is 9.97 Å². The van der Waals surface area contributed by atoms with E-state index in [0.717, 1.165) is 42.5 Å². The van der Waals surface area contributed by atoms with Gasteiger partial charge in [-0.05, 0) is 54.7 Å². The maximum atomic E-state index is 5.99. The van der Waals surface area contributed by atoms with Gasteiger partial charge in [-0.2, -0.15) is 4.98 Å². The number of aryl methyl sites for hydroxylation is 2. The molecular formula is C24H32N4O. The van der Waals surface area contributed by atoms with Crippen LogP contribution in [0.2, 0.25) is 0 Å². The molecule has 0 aliphatic heterocycles. The normalized spacial score (nSPS) is 11.1. The molecule has 0 atom stereocenters. The maximum absolute atomic E-state index is 5.99. The number of hydrogen-bond acceptors (Lipinski definition) is 5. The molecule has 2 aromatic carbocycles. The predicted molar refractivity (Wildman–Crippen MR) is 121 cm³/mol. The number of rotatable bonds is 11. The number of anilines is 2. The van der Waals surface area contributed by atoms with Gasteiger partial charge >= 0.3 is 0 Å². The van der Waals surface area contributed by atoms with Gasteiger partial charge in [0.05, 0.1) is 12.1 Å². The van der Waals surface area contributed by atoms with E-state index in [2.05, 4.69) is 53.3 Å². The van der Waals surface area contributed by atoms with Gasteiger partial charge in [0.15, 0.2) is 0 Å². The first-order valence-electron chi connectivity index (χ1n) is 10.7. The van der Waals surface area contributed by atoms with Gasteiger partial charge in [0.25, 0.3) is 0 Å². The van der Waals surface area contributed by atoms with Crippen LogP contribution in [0.1, 0.15) is 56.6 Å². The van der Waals surface area contributed by atoms with E-state index in [1.165, 1.54) is 43.2 Å². The Balaban J connectivity index is 1.46. The van der Waals surface area contributed by atoms with Gasteiger partial charge in [-0.15, -0.1) is 0 Å². The van der Waals surface area contributed by atoms with Crippen LogP contribution in [0.4, 0.5) is 11.8 Å². The first kappa shape index (κ1) is 20.9. The Morgan fingerprint density at radius 2 is 1.48 bits per heavy atom. The highest BCUT2D eigenvalue weighted by molar-refractivity contribution is 5.89. The van der Waals surface area contributed by atoms with E-state index in [1.807, 2.05) is 6.07 Å². The zero-order chi connectivity index (χ0) is 20.5. The highest BCUT2D eigenvalue weighted by atomic mass is 16.5. The predicted octanol–water partition coefficient (Wildman–Crippen LogP) is 5.32. The molecular weight excluding hydrogens is 360 g/mol. The first-order valence-corrected chi connectivity index (χ1v) is 10.7. The van der Waals surface area contributed by atoms with Gasteiger partial charge in [0, 0.05) is 5.39 Å². The van der Waals surface area contributed by atoms with Crippen LogP contribution in [0.3, 0.4) is 0 Å². The second-order valence-electron chi connectivity index (χ2n) is 7.58. The Morgan fingerprint density at radius 3 is 2.28 bits per heavy atom. The van der Waals surface area contributed by atoms with E-state index in [4.69, 9.17) is 16.2 Å². The van der Waals surface area contributed by atoms with Crippen molar-refractivity contribution in [2.45, 2.75) is 58.3 Å². The van der Waals surface area contributed by atoms with Crippen LogP contribution < -0.4 is 16.2 Å². The first-order chi connectivity index (χ1) is 14.2. The van der Waals surface area contributed by atoms with Crippen molar-refractivity contribution in [3.05, 3.63) is 53.6 Å². The molecule has 5 nitrogen and oxygen atoms in total. The Labute approximate surface area is 173 Å². The summed E-state index contributed by atoms with van der Waals surface area (Å²) in [5.74, 6) is 1.60. The average molecular weight is 393 g/mol. The third-order valence-electron chi connectivity index (χ3n) is 5.20. The van der Waals surface area contributed by atoms with E-state index >= 15 is 0 Å². The third kappa shape index (κ3) is 6.34. The molecule has 1 heterocycles. The molecule has 3 rings (SSSR count). The molecule has 4 N–H and O–H groups in total. The second kappa shape index (κ2) is 10.6. The minimum atomic E-state index is 0.210. The van der Waals surface area contributed by atoms with Crippen molar-refractivity contribution in [3.63, 3.8) is 0 Å². The lowest BCUT2D eigenvalue weighted by Crippen LogP contribution is -2.01. The number of nitrogens with zero attached hydrogens (tertiary/aromatic N) is 2. The largest absolute Gasteiger partial charge is 0.494 e. The number of nitrogen functional groups attached to an aromatic ring is 2. The van der Waals surface area contributed by atoms with Gasteiger partial charge in [0.1, 0.15) is 11.6 Å². The van der Waals surface area contributed by atoms with Crippen molar-refractivity contribution >= 4 is 22.7 Å². The van der Waals surface area contributed by atoms with Crippen LogP contribution in [0.25, 0.3) is 10.9 Å². The summed E-state index contributed by atoms with van der Waals surface area (Å²) in [5.41, 5.74) is 14.9. The monoisotopic (exact) mass is 392 g/mol. The molecule has 0 aliphatic rings. The van der Waals surface area contributed by atoms with Crippen molar-refractivity contribution in [3.8, 4) is 5.75 Å². The molecule has 1 aromatic heterocycles. The number of ether oxygens (including phenoxy) is 1. The standard InChI is InChI=1S/C24H32N4O/c1-2-3-4-5-6-7-16-29-20-13-10-18(11-14-20)8-9-19-12-15-22-21(17-19)23(25)28-24(26)27-22/h10-15,17H,2-9,16H2,1H3,(H4,25,26,27,28). The van der Waals surface area contributed by atoms with Crippen LogP contribution in [0, 0.1) is 0 Å². The molecule has 0 spiro atoms. The van der Waals surface area contributed by atoms with Gasteiger partial charge in [0.2, 0.25) is 5.95 Å². The van der Waals surface area contributed by atoms with Gasteiger partial charge < -0.3 is 16.2 Å². The zero-order valence-corrected chi connectivity index (χ0v) is 17.4. The molecule has 0 aliphatic carbocycles.